The maximum Gasteiger partial charge on any atom is 0.0528 e. The van der Waals surface area contributed by atoms with Gasteiger partial charge in [0.25, 0.3) is 0 Å². The molecule has 0 aliphatic carbocycles. The van der Waals surface area contributed by atoms with Gasteiger partial charge in [-0.1, -0.05) is 51.5 Å². The maximum atomic E-state index is 2.74. The van der Waals surface area contributed by atoms with E-state index in [1.807, 2.05) is 27.7 Å². The summed E-state index contributed by atoms with van der Waals surface area (Å²) in [5, 5.41) is 2.50. The Morgan fingerprint density at radius 3 is 2.24 bits per heavy atom. The van der Waals surface area contributed by atoms with E-state index in [2.05, 4.69) is 75.5 Å². The Morgan fingerprint density at radius 2 is 1.57 bits per heavy atom. The molecule has 0 amide bonds. The van der Waals surface area contributed by atoms with Gasteiger partial charge in [0.2, 0.25) is 0 Å². The molecule has 0 bridgehead atoms. The molecule has 3 aromatic rings. The predicted octanol–water partition coefficient (Wildman–Crippen LogP) is 5.49. The molecule has 0 radical (unpaired) electrons. The predicted molar refractivity (Wildman–Crippen MR) is 100 cm³/mol. The number of rotatable bonds is 1. The van der Waals surface area contributed by atoms with Gasteiger partial charge in [0.05, 0.1) is 5.52 Å². The molecule has 1 aromatic heterocycles. The van der Waals surface area contributed by atoms with E-state index in [0.29, 0.717) is 0 Å². The van der Waals surface area contributed by atoms with Gasteiger partial charge in [0.1, 0.15) is 0 Å². The molecule has 1 heterocycles. The van der Waals surface area contributed by atoms with Gasteiger partial charge >= 0.3 is 0 Å². The Balaban J connectivity index is 0.000000510. The number of aromatic nitrogens is 1. The quantitative estimate of drug-likeness (QED) is 0.523. The second-order valence-electron chi connectivity index (χ2n) is 4.34. The zero-order valence-corrected chi connectivity index (χ0v) is 14.9. The van der Waals surface area contributed by atoms with Crippen molar-refractivity contribution in [1.82, 2.24) is 4.57 Å². The molecule has 1 atom stereocenters. The number of hydrogen-bond acceptors (Lipinski definition) is 0. The number of aryl methyl sites for hydroxylation is 1. The Hall–Kier alpha value is -1.59. The summed E-state index contributed by atoms with van der Waals surface area (Å²) in [5.74, 6) is 0. The van der Waals surface area contributed by atoms with E-state index in [1.54, 1.807) is 0 Å². The lowest BCUT2D eigenvalue weighted by Crippen LogP contribution is -1.96. The summed E-state index contributed by atoms with van der Waals surface area (Å²) in [6.45, 7) is 10.1. The van der Waals surface area contributed by atoms with Gasteiger partial charge < -0.3 is 4.57 Å². The topological polar surface area (TPSA) is 4.93 Å². The summed E-state index contributed by atoms with van der Waals surface area (Å²) in [7, 11) is 2.74. The van der Waals surface area contributed by atoms with Crippen molar-refractivity contribution >= 4 is 25.4 Å². The van der Waals surface area contributed by atoms with Crippen LogP contribution in [0.2, 0.25) is 0 Å². The molecule has 0 N–H and O–H groups in total. The number of hydrogen-bond donors (Lipinski definition) is 0. The lowest BCUT2D eigenvalue weighted by molar-refractivity contribution is 1.13. The van der Waals surface area contributed by atoms with Crippen LogP contribution < -0.4 is 5.30 Å². The molecule has 0 spiro atoms. The van der Waals surface area contributed by atoms with Gasteiger partial charge in [-0.25, -0.2) is 0 Å². The highest BCUT2D eigenvalue weighted by atomic mass is 31.0. The molecular formula is C19H26NP. The summed E-state index contributed by atoms with van der Waals surface area (Å²) < 4.78 is 2.22. The molecule has 112 valence electrons. The van der Waals surface area contributed by atoms with Crippen LogP contribution in [0.15, 0.2) is 54.7 Å². The first-order chi connectivity index (χ1) is 10.2. The third-order valence-electron chi connectivity index (χ3n) is 2.99. The summed E-state index contributed by atoms with van der Waals surface area (Å²) in [4.78, 5) is 0. The van der Waals surface area contributed by atoms with Crippen LogP contribution >= 0.6 is 9.24 Å². The van der Waals surface area contributed by atoms with Crippen molar-refractivity contribution in [3.63, 3.8) is 0 Å². The van der Waals surface area contributed by atoms with Gasteiger partial charge in [0, 0.05) is 17.3 Å². The lowest BCUT2D eigenvalue weighted by Gasteiger charge is -2.06. The van der Waals surface area contributed by atoms with Crippen molar-refractivity contribution in [3.8, 4) is 5.69 Å². The van der Waals surface area contributed by atoms with Gasteiger partial charge in [-0.15, -0.1) is 9.24 Å². The zero-order chi connectivity index (χ0) is 15.8. The SMILES string of the molecule is CC.CC.Cc1ccc2c(ccn2-c2cccc(P)c2)c1. The molecule has 3 rings (SSSR count). The summed E-state index contributed by atoms with van der Waals surface area (Å²) >= 11 is 0. The lowest BCUT2D eigenvalue weighted by atomic mass is 10.2. The van der Waals surface area contributed by atoms with Crippen LogP contribution in [0.4, 0.5) is 0 Å². The monoisotopic (exact) mass is 299 g/mol. The fourth-order valence-corrected chi connectivity index (χ4v) is 2.44. The fraction of sp³-hybridized carbons (Fsp3) is 0.263. The van der Waals surface area contributed by atoms with Crippen LogP contribution in [-0.4, -0.2) is 4.57 Å². The summed E-state index contributed by atoms with van der Waals surface area (Å²) in [6.07, 6.45) is 2.13. The minimum absolute atomic E-state index is 1.20. The minimum atomic E-state index is 1.20. The molecule has 21 heavy (non-hydrogen) atoms. The smallest absolute Gasteiger partial charge is 0.0528 e. The first-order valence-electron chi connectivity index (χ1n) is 7.68. The largest absolute Gasteiger partial charge is 0.317 e. The van der Waals surface area contributed by atoms with E-state index in [-0.39, 0.29) is 0 Å². The van der Waals surface area contributed by atoms with Crippen molar-refractivity contribution < 1.29 is 0 Å². The average Bonchev–Trinajstić information content (AvgIpc) is 2.94. The average molecular weight is 299 g/mol. The molecule has 0 fully saturated rings. The molecule has 0 aliphatic rings. The van der Waals surface area contributed by atoms with Gasteiger partial charge in [-0.2, -0.15) is 0 Å². The highest BCUT2D eigenvalue weighted by molar-refractivity contribution is 7.27. The first-order valence-corrected chi connectivity index (χ1v) is 8.25. The highest BCUT2D eigenvalue weighted by Gasteiger charge is 2.02. The molecule has 0 saturated heterocycles. The maximum absolute atomic E-state index is 2.74. The van der Waals surface area contributed by atoms with Gasteiger partial charge in [-0.3, -0.25) is 0 Å². The van der Waals surface area contributed by atoms with Crippen LogP contribution in [0.1, 0.15) is 33.3 Å². The van der Waals surface area contributed by atoms with Gasteiger partial charge in [0.15, 0.2) is 0 Å². The highest BCUT2D eigenvalue weighted by Crippen LogP contribution is 2.21. The molecule has 0 aliphatic heterocycles. The Morgan fingerprint density at radius 1 is 0.857 bits per heavy atom. The van der Waals surface area contributed by atoms with E-state index in [4.69, 9.17) is 0 Å². The molecule has 1 nitrogen and oxygen atoms in total. The second kappa shape index (κ2) is 8.64. The van der Waals surface area contributed by atoms with E-state index in [1.165, 1.54) is 27.5 Å². The zero-order valence-electron chi connectivity index (χ0n) is 13.7. The van der Waals surface area contributed by atoms with Crippen molar-refractivity contribution in [1.29, 1.82) is 0 Å². The standard InChI is InChI=1S/C15H14NP.2C2H6/c1-11-5-6-15-12(9-11)7-8-16(15)13-3-2-4-14(17)10-13;2*1-2/h2-10H,17H2,1H3;2*1-2H3. The number of fused-ring (bicyclic) bond motifs is 1. The number of benzene rings is 2. The van der Waals surface area contributed by atoms with Crippen LogP contribution in [-0.2, 0) is 0 Å². The van der Waals surface area contributed by atoms with Crippen molar-refractivity contribution in [2.75, 3.05) is 0 Å². The first kappa shape index (κ1) is 17.5. The molecule has 2 aromatic carbocycles. The fourth-order valence-electron chi connectivity index (χ4n) is 2.16. The molecule has 1 unspecified atom stereocenters. The Labute approximate surface area is 131 Å². The van der Waals surface area contributed by atoms with Crippen molar-refractivity contribution in [2.45, 2.75) is 34.6 Å². The Bertz CT molecular complexity index is 683. The summed E-state index contributed by atoms with van der Waals surface area (Å²) in [6, 6.07) is 17.2. The van der Waals surface area contributed by atoms with Crippen LogP contribution in [0.5, 0.6) is 0 Å². The Kier molecular flexibility index (Phi) is 7.19. The third-order valence-corrected chi connectivity index (χ3v) is 3.35. The molecular weight excluding hydrogens is 273 g/mol. The second-order valence-corrected chi connectivity index (χ2v) is 5.01. The van der Waals surface area contributed by atoms with Crippen LogP contribution in [0, 0.1) is 6.92 Å². The van der Waals surface area contributed by atoms with Gasteiger partial charge in [-0.05, 0) is 42.6 Å². The molecule has 0 saturated carbocycles. The van der Waals surface area contributed by atoms with Crippen molar-refractivity contribution in [2.24, 2.45) is 0 Å². The van der Waals surface area contributed by atoms with E-state index in [0.717, 1.165) is 0 Å². The van der Waals surface area contributed by atoms with Crippen LogP contribution in [0.3, 0.4) is 0 Å². The third kappa shape index (κ3) is 4.19. The normalized spacial score (nSPS) is 9.43. The van der Waals surface area contributed by atoms with Crippen molar-refractivity contribution in [3.05, 3.63) is 60.3 Å². The van der Waals surface area contributed by atoms with E-state index in [9.17, 15) is 0 Å². The molecule has 2 heteroatoms. The summed E-state index contributed by atoms with van der Waals surface area (Å²) in [5.41, 5.74) is 3.76. The van der Waals surface area contributed by atoms with Crippen LogP contribution in [0.25, 0.3) is 16.6 Å². The number of nitrogens with zero attached hydrogens (tertiary/aromatic N) is 1. The van der Waals surface area contributed by atoms with E-state index < -0.39 is 0 Å². The minimum Gasteiger partial charge on any atom is -0.317 e. The van der Waals surface area contributed by atoms with E-state index >= 15 is 0 Å².